The molecule has 2 aromatic carbocycles. The molecule has 6 rings (SSSR count). The summed E-state index contributed by atoms with van der Waals surface area (Å²) in [5.41, 5.74) is 1.89. The highest BCUT2D eigenvalue weighted by Crippen LogP contribution is 2.41. The van der Waals surface area contributed by atoms with Crippen LogP contribution in [0.5, 0.6) is 23.0 Å². The second-order valence-electron chi connectivity index (χ2n) is 10.1. The van der Waals surface area contributed by atoms with Crippen molar-refractivity contribution in [3.63, 3.8) is 0 Å². The van der Waals surface area contributed by atoms with E-state index in [0.29, 0.717) is 56.1 Å². The number of nitrogens with one attached hydrogen (secondary N) is 2. The van der Waals surface area contributed by atoms with Crippen LogP contribution in [0.1, 0.15) is 12.8 Å². The van der Waals surface area contributed by atoms with Crippen LogP contribution in [0.3, 0.4) is 0 Å². The number of amides is 1. The molecule has 1 atom stereocenters. The molecule has 0 spiro atoms. The number of benzene rings is 2. The molecule has 0 saturated carbocycles. The summed E-state index contributed by atoms with van der Waals surface area (Å²) in [6, 6.07) is 9.89. The third kappa shape index (κ3) is 5.92. The second-order valence-corrected chi connectivity index (χ2v) is 10.5. The zero-order chi connectivity index (χ0) is 30.8. The summed E-state index contributed by atoms with van der Waals surface area (Å²) in [5, 5.41) is 10.8. The molecular formula is C30H28ClFN8O4. The van der Waals surface area contributed by atoms with Gasteiger partial charge in [-0.15, -0.1) is 0 Å². The van der Waals surface area contributed by atoms with E-state index in [1.807, 2.05) is 11.9 Å². The number of pyridine rings is 1. The molecule has 5 aromatic rings. The lowest BCUT2D eigenvalue weighted by Gasteiger charge is -2.17. The maximum absolute atomic E-state index is 14.9. The van der Waals surface area contributed by atoms with Crippen molar-refractivity contribution in [2.24, 2.45) is 0 Å². The van der Waals surface area contributed by atoms with Crippen LogP contribution in [-0.4, -0.2) is 69.2 Å². The number of fused-ring (bicyclic) bond motifs is 2. The highest BCUT2D eigenvalue weighted by molar-refractivity contribution is 6.32. The Labute approximate surface area is 256 Å². The van der Waals surface area contributed by atoms with Gasteiger partial charge in [-0.25, -0.2) is 23.9 Å². The highest BCUT2D eigenvalue weighted by Gasteiger charge is 2.22. The Morgan fingerprint density at radius 3 is 2.64 bits per heavy atom. The van der Waals surface area contributed by atoms with Crippen LogP contribution in [0.15, 0.2) is 67.2 Å². The fourth-order valence-electron chi connectivity index (χ4n) is 5.02. The molecule has 1 amide bonds. The van der Waals surface area contributed by atoms with Gasteiger partial charge in [-0.05, 0) is 50.7 Å². The average molecular weight is 619 g/mol. The Balaban J connectivity index is 1.28. The third-order valence-electron chi connectivity index (χ3n) is 7.32. The molecule has 1 unspecified atom stereocenters. The molecule has 0 radical (unpaired) electrons. The van der Waals surface area contributed by atoms with Gasteiger partial charge in [0.1, 0.15) is 41.5 Å². The number of hydrogen-bond donors (Lipinski definition) is 2. The smallest absolute Gasteiger partial charge is 0.284 e. The number of rotatable bonds is 9. The van der Waals surface area contributed by atoms with Gasteiger partial charge in [-0.3, -0.25) is 9.69 Å². The van der Waals surface area contributed by atoms with E-state index >= 15 is 0 Å². The van der Waals surface area contributed by atoms with Crippen LogP contribution in [-0.2, 0) is 4.79 Å². The standard InChI is InChI=1S/C30H28ClFN8O4/c1-39-7-4-5-17(39)9-21(32)30(41)38-23-11-19-22(13-26(23)42-2)33-15-35-29(19)37-24-12-20(31)25(14-27(24)43-3)44-18-6-8-40-28(10-18)34-16-36-40/h6,8-17H,4-5,7H2,1-3H3,(H,38,41)(H,33,35,37)/b21-9+. The molecule has 0 aliphatic carbocycles. The van der Waals surface area contributed by atoms with Crippen molar-refractivity contribution in [1.82, 2.24) is 29.5 Å². The lowest BCUT2D eigenvalue weighted by atomic mass is 10.1. The van der Waals surface area contributed by atoms with E-state index in [2.05, 4.69) is 30.7 Å². The number of halogens is 2. The van der Waals surface area contributed by atoms with Crippen LogP contribution < -0.4 is 24.8 Å². The van der Waals surface area contributed by atoms with Crippen LogP contribution >= 0.6 is 11.6 Å². The van der Waals surface area contributed by atoms with E-state index in [1.165, 1.54) is 33.0 Å². The minimum absolute atomic E-state index is 0.125. The minimum Gasteiger partial charge on any atom is -0.494 e. The molecule has 4 heterocycles. The van der Waals surface area contributed by atoms with E-state index in [-0.39, 0.29) is 11.7 Å². The van der Waals surface area contributed by atoms with Crippen molar-refractivity contribution in [2.75, 3.05) is 38.4 Å². The average Bonchev–Trinajstić information content (AvgIpc) is 3.66. The van der Waals surface area contributed by atoms with Gasteiger partial charge in [0.05, 0.1) is 36.1 Å². The first-order valence-electron chi connectivity index (χ1n) is 13.7. The Bertz CT molecular complexity index is 1900. The molecule has 3 aromatic heterocycles. The number of likely N-dealkylation sites (tertiary alicyclic amines) is 1. The van der Waals surface area contributed by atoms with Gasteiger partial charge in [0.25, 0.3) is 5.91 Å². The first-order chi connectivity index (χ1) is 21.3. The Morgan fingerprint density at radius 1 is 1.05 bits per heavy atom. The number of hydrogen-bond acceptors (Lipinski definition) is 10. The lowest BCUT2D eigenvalue weighted by molar-refractivity contribution is -0.114. The minimum atomic E-state index is -0.874. The van der Waals surface area contributed by atoms with Crippen molar-refractivity contribution in [1.29, 1.82) is 0 Å². The van der Waals surface area contributed by atoms with Crippen molar-refractivity contribution >= 4 is 51.3 Å². The van der Waals surface area contributed by atoms with E-state index in [0.717, 1.165) is 19.4 Å². The Morgan fingerprint density at radius 2 is 1.86 bits per heavy atom. The van der Waals surface area contributed by atoms with E-state index in [1.54, 1.807) is 47.1 Å². The van der Waals surface area contributed by atoms with Crippen LogP contribution in [0, 0.1) is 0 Å². The zero-order valence-corrected chi connectivity index (χ0v) is 24.8. The number of carbonyl (C=O) groups excluding carboxylic acids is 1. The van der Waals surface area contributed by atoms with Crippen molar-refractivity contribution < 1.29 is 23.4 Å². The molecular weight excluding hydrogens is 591 g/mol. The number of anilines is 3. The molecule has 1 aliphatic rings. The third-order valence-corrected chi connectivity index (χ3v) is 7.62. The number of nitrogens with zero attached hydrogens (tertiary/aromatic N) is 6. The monoisotopic (exact) mass is 618 g/mol. The van der Waals surface area contributed by atoms with Crippen molar-refractivity contribution in [3.8, 4) is 23.0 Å². The van der Waals surface area contributed by atoms with Gasteiger partial charge in [-0.2, -0.15) is 5.10 Å². The molecule has 0 bridgehead atoms. The Kier molecular flexibility index (Phi) is 8.13. The first-order valence-corrected chi connectivity index (χ1v) is 14.0. The second kappa shape index (κ2) is 12.3. The lowest BCUT2D eigenvalue weighted by Crippen LogP contribution is -2.24. The maximum Gasteiger partial charge on any atom is 0.284 e. The predicted octanol–water partition coefficient (Wildman–Crippen LogP) is 5.77. The number of methoxy groups -OCH3 is 2. The largest absolute Gasteiger partial charge is 0.494 e. The van der Waals surface area contributed by atoms with Gasteiger partial charge >= 0.3 is 0 Å². The normalized spacial score (nSPS) is 15.5. The summed E-state index contributed by atoms with van der Waals surface area (Å²) < 4.78 is 33.6. The molecule has 1 aliphatic heterocycles. The van der Waals surface area contributed by atoms with E-state index in [9.17, 15) is 9.18 Å². The van der Waals surface area contributed by atoms with E-state index < -0.39 is 11.7 Å². The molecule has 14 heteroatoms. The Hall–Kier alpha value is -5.01. The summed E-state index contributed by atoms with van der Waals surface area (Å²) in [4.78, 5) is 27.7. The molecule has 2 N–H and O–H groups in total. The number of ether oxygens (including phenoxy) is 3. The first kappa shape index (κ1) is 29.1. The molecule has 44 heavy (non-hydrogen) atoms. The zero-order valence-electron chi connectivity index (χ0n) is 24.0. The summed E-state index contributed by atoms with van der Waals surface area (Å²) in [6.07, 6.45) is 7.65. The fraction of sp³-hybridized carbons (Fsp3) is 0.233. The maximum atomic E-state index is 14.9. The molecule has 1 fully saturated rings. The SMILES string of the molecule is COc1cc2ncnc(Nc3cc(Cl)c(Oc4ccn5ncnc5c4)cc3OC)c2cc1NC(=O)/C(F)=C\C1CCCN1C. The fourth-order valence-corrected chi connectivity index (χ4v) is 5.22. The van der Waals surface area contributed by atoms with Crippen molar-refractivity contribution in [2.45, 2.75) is 18.9 Å². The molecule has 226 valence electrons. The highest BCUT2D eigenvalue weighted by atomic mass is 35.5. The van der Waals surface area contributed by atoms with Gasteiger partial charge in [0.15, 0.2) is 11.5 Å². The number of likely N-dealkylation sites (N-methyl/N-ethyl adjacent to an activating group) is 1. The summed E-state index contributed by atoms with van der Waals surface area (Å²) in [7, 11) is 4.88. The molecule has 12 nitrogen and oxygen atoms in total. The quantitative estimate of drug-likeness (QED) is 0.197. The molecule has 1 saturated heterocycles. The summed E-state index contributed by atoms with van der Waals surface area (Å²) in [5.74, 6) is 0.259. The number of carbonyl (C=O) groups is 1. The summed E-state index contributed by atoms with van der Waals surface area (Å²) >= 11 is 6.62. The van der Waals surface area contributed by atoms with E-state index in [4.69, 9.17) is 25.8 Å². The topological polar surface area (TPSA) is 128 Å². The summed E-state index contributed by atoms with van der Waals surface area (Å²) in [6.45, 7) is 0.858. The predicted molar refractivity (Wildman–Crippen MR) is 164 cm³/mol. The van der Waals surface area contributed by atoms with Crippen molar-refractivity contribution in [3.05, 3.63) is 72.2 Å². The van der Waals surface area contributed by atoms with Crippen LogP contribution in [0.2, 0.25) is 5.02 Å². The van der Waals surface area contributed by atoms with Crippen LogP contribution in [0.4, 0.5) is 21.6 Å². The van der Waals surface area contributed by atoms with Gasteiger partial charge in [-0.1, -0.05) is 11.6 Å². The van der Waals surface area contributed by atoms with Gasteiger partial charge < -0.3 is 24.8 Å². The van der Waals surface area contributed by atoms with Gasteiger partial charge in [0, 0.05) is 35.8 Å². The van der Waals surface area contributed by atoms with Crippen LogP contribution in [0.25, 0.3) is 16.6 Å². The number of aromatic nitrogens is 5. The van der Waals surface area contributed by atoms with Gasteiger partial charge in [0.2, 0.25) is 0 Å².